The predicted octanol–water partition coefficient (Wildman–Crippen LogP) is 2.01. The van der Waals surface area contributed by atoms with Gasteiger partial charge in [-0.25, -0.2) is 4.79 Å². The van der Waals surface area contributed by atoms with Crippen LogP contribution >= 0.6 is 0 Å². The third kappa shape index (κ3) is 4.40. The molecule has 0 radical (unpaired) electrons. The molecule has 144 valence electrons. The summed E-state index contributed by atoms with van der Waals surface area (Å²) in [5.74, 6) is 1.56. The maximum atomic E-state index is 12.2. The molecular weight excluding hydrogens is 334 g/mol. The van der Waals surface area contributed by atoms with Crippen molar-refractivity contribution in [3.05, 3.63) is 23.8 Å². The normalized spacial score (nSPS) is 19.2. The van der Waals surface area contributed by atoms with Gasteiger partial charge < -0.3 is 24.8 Å². The standard InChI is InChI=1S/C19H29N3O4/c1-19(2,3)26-18(23)22-8-6-21(7-9-22)15(13-20)14-4-5-16-17(12-14)25-11-10-24-16/h4-5,12,15H,6-11,13,20H2,1-3H3. The SMILES string of the molecule is CC(C)(C)OC(=O)N1CCN(C(CN)c2ccc3c(c2)OCCO3)CC1. The van der Waals surface area contributed by atoms with Crippen LogP contribution in [0.2, 0.25) is 0 Å². The zero-order chi connectivity index (χ0) is 18.7. The number of carbonyl (C=O) groups excluding carboxylic acids is 1. The lowest BCUT2D eigenvalue weighted by Gasteiger charge is -2.39. The van der Waals surface area contributed by atoms with Gasteiger partial charge in [-0.3, -0.25) is 4.90 Å². The van der Waals surface area contributed by atoms with Crippen molar-refractivity contribution in [1.82, 2.24) is 9.80 Å². The molecule has 0 aromatic heterocycles. The number of fused-ring (bicyclic) bond motifs is 1. The Morgan fingerprint density at radius 2 is 1.81 bits per heavy atom. The van der Waals surface area contributed by atoms with Crippen molar-refractivity contribution in [3.63, 3.8) is 0 Å². The van der Waals surface area contributed by atoms with Gasteiger partial charge in [0.25, 0.3) is 0 Å². The van der Waals surface area contributed by atoms with Gasteiger partial charge in [0, 0.05) is 38.8 Å². The van der Waals surface area contributed by atoms with Crippen LogP contribution in [0.25, 0.3) is 0 Å². The second kappa shape index (κ2) is 7.72. The molecule has 0 aliphatic carbocycles. The molecule has 0 saturated carbocycles. The van der Waals surface area contributed by atoms with Crippen LogP contribution in [0, 0.1) is 0 Å². The molecule has 2 aliphatic rings. The topological polar surface area (TPSA) is 77.3 Å². The Morgan fingerprint density at radius 1 is 1.15 bits per heavy atom. The van der Waals surface area contributed by atoms with Gasteiger partial charge in [0.2, 0.25) is 0 Å². The van der Waals surface area contributed by atoms with Gasteiger partial charge in [0.05, 0.1) is 0 Å². The summed E-state index contributed by atoms with van der Waals surface area (Å²) in [7, 11) is 0. The molecule has 3 rings (SSSR count). The summed E-state index contributed by atoms with van der Waals surface area (Å²) < 4.78 is 16.7. The molecule has 2 aliphatic heterocycles. The number of ether oxygens (including phenoxy) is 3. The Balaban J connectivity index is 1.63. The van der Waals surface area contributed by atoms with Crippen LogP contribution in [0.5, 0.6) is 11.5 Å². The van der Waals surface area contributed by atoms with Crippen molar-refractivity contribution in [2.45, 2.75) is 32.4 Å². The first-order chi connectivity index (χ1) is 12.4. The molecule has 1 amide bonds. The van der Waals surface area contributed by atoms with E-state index in [2.05, 4.69) is 4.90 Å². The van der Waals surface area contributed by atoms with E-state index in [0.29, 0.717) is 32.8 Å². The van der Waals surface area contributed by atoms with Crippen LogP contribution in [0.4, 0.5) is 4.79 Å². The second-order valence-electron chi connectivity index (χ2n) is 7.66. The Labute approximate surface area is 155 Å². The number of carbonyl (C=O) groups is 1. The Hall–Kier alpha value is -1.99. The molecule has 1 aromatic carbocycles. The van der Waals surface area contributed by atoms with E-state index in [-0.39, 0.29) is 12.1 Å². The van der Waals surface area contributed by atoms with Crippen LogP contribution < -0.4 is 15.2 Å². The van der Waals surface area contributed by atoms with Gasteiger partial charge >= 0.3 is 6.09 Å². The molecule has 7 nitrogen and oxygen atoms in total. The maximum absolute atomic E-state index is 12.2. The van der Waals surface area contributed by atoms with Crippen molar-refractivity contribution in [2.75, 3.05) is 45.9 Å². The van der Waals surface area contributed by atoms with E-state index in [1.807, 2.05) is 39.0 Å². The molecule has 2 N–H and O–H groups in total. The third-order valence-corrected chi connectivity index (χ3v) is 4.58. The van der Waals surface area contributed by atoms with Crippen LogP contribution in [0.3, 0.4) is 0 Å². The summed E-state index contributed by atoms with van der Waals surface area (Å²) in [5.41, 5.74) is 6.71. The zero-order valence-corrected chi connectivity index (χ0v) is 15.9. The van der Waals surface area contributed by atoms with E-state index >= 15 is 0 Å². The highest BCUT2D eigenvalue weighted by Gasteiger charge is 2.29. The van der Waals surface area contributed by atoms with Crippen molar-refractivity contribution in [3.8, 4) is 11.5 Å². The summed E-state index contributed by atoms with van der Waals surface area (Å²) in [4.78, 5) is 16.3. The van der Waals surface area contributed by atoms with Crippen LogP contribution in [0.15, 0.2) is 18.2 Å². The first-order valence-corrected chi connectivity index (χ1v) is 9.19. The fourth-order valence-corrected chi connectivity index (χ4v) is 3.31. The largest absolute Gasteiger partial charge is 0.486 e. The molecule has 0 bridgehead atoms. The Bertz CT molecular complexity index is 636. The van der Waals surface area contributed by atoms with Crippen LogP contribution in [-0.2, 0) is 4.74 Å². The van der Waals surface area contributed by atoms with Crippen molar-refractivity contribution < 1.29 is 19.0 Å². The molecule has 7 heteroatoms. The monoisotopic (exact) mass is 363 g/mol. The number of piperazine rings is 1. The minimum absolute atomic E-state index is 0.0895. The quantitative estimate of drug-likeness (QED) is 0.885. The fourth-order valence-electron chi connectivity index (χ4n) is 3.31. The molecule has 1 unspecified atom stereocenters. The molecular formula is C19H29N3O4. The third-order valence-electron chi connectivity index (χ3n) is 4.58. The zero-order valence-electron chi connectivity index (χ0n) is 15.9. The van der Waals surface area contributed by atoms with Crippen molar-refractivity contribution in [1.29, 1.82) is 0 Å². The highest BCUT2D eigenvalue weighted by molar-refractivity contribution is 5.68. The van der Waals surface area contributed by atoms with E-state index < -0.39 is 5.60 Å². The van der Waals surface area contributed by atoms with Crippen molar-refractivity contribution >= 4 is 6.09 Å². The van der Waals surface area contributed by atoms with Gasteiger partial charge in [-0.15, -0.1) is 0 Å². The average Bonchev–Trinajstić information content (AvgIpc) is 2.61. The molecule has 1 aromatic rings. The first kappa shape index (κ1) is 18.8. The molecule has 0 spiro atoms. The van der Waals surface area contributed by atoms with E-state index in [1.54, 1.807) is 4.90 Å². The van der Waals surface area contributed by atoms with Gasteiger partial charge in [0.15, 0.2) is 11.5 Å². The minimum atomic E-state index is -0.473. The molecule has 1 atom stereocenters. The Kier molecular flexibility index (Phi) is 5.58. The molecule has 2 heterocycles. The van der Waals surface area contributed by atoms with E-state index in [0.717, 1.165) is 30.2 Å². The molecule has 26 heavy (non-hydrogen) atoms. The molecule has 1 fully saturated rings. The number of rotatable bonds is 3. The summed E-state index contributed by atoms with van der Waals surface area (Å²) in [6.07, 6.45) is -0.249. The van der Waals surface area contributed by atoms with Crippen LogP contribution in [-0.4, -0.2) is 67.4 Å². The predicted molar refractivity (Wildman–Crippen MR) is 98.6 cm³/mol. The number of hydrogen-bond acceptors (Lipinski definition) is 6. The second-order valence-corrected chi connectivity index (χ2v) is 7.66. The van der Waals surface area contributed by atoms with Gasteiger partial charge in [-0.1, -0.05) is 6.07 Å². The number of hydrogen-bond donors (Lipinski definition) is 1. The van der Waals surface area contributed by atoms with Gasteiger partial charge in [-0.2, -0.15) is 0 Å². The van der Waals surface area contributed by atoms with E-state index in [4.69, 9.17) is 19.9 Å². The van der Waals surface area contributed by atoms with E-state index in [1.165, 1.54) is 0 Å². The number of nitrogens with zero attached hydrogens (tertiary/aromatic N) is 2. The lowest BCUT2D eigenvalue weighted by molar-refractivity contribution is 0.0106. The average molecular weight is 363 g/mol. The van der Waals surface area contributed by atoms with Crippen molar-refractivity contribution in [2.24, 2.45) is 5.73 Å². The number of nitrogens with two attached hydrogens (primary N) is 1. The van der Waals surface area contributed by atoms with Gasteiger partial charge in [-0.05, 0) is 38.5 Å². The van der Waals surface area contributed by atoms with Gasteiger partial charge in [0.1, 0.15) is 18.8 Å². The van der Waals surface area contributed by atoms with E-state index in [9.17, 15) is 4.79 Å². The molecule has 1 saturated heterocycles. The van der Waals surface area contributed by atoms with Crippen LogP contribution in [0.1, 0.15) is 32.4 Å². The highest BCUT2D eigenvalue weighted by atomic mass is 16.6. The lowest BCUT2D eigenvalue weighted by atomic mass is 10.0. The first-order valence-electron chi connectivity index (χ1n) is 9.19. The summed E-state index contributed by atoms with van der Waals surface area (Å²) >= 11 is 0. The smallest absolute Gasteiger partial charge is 0.410 e. The Morgan fingerprint density at radius 3 is 2.42 bits per heavy atom. The number of amides is 1. The highest BCUT2D eigenvalue weighted by Crippen LogP contribution is 2.34. The maximum Gasteiger partial charge on any atom is 0.410 e. The summed E-state index contributed by atoms with van der Waals surface area (Å²) in [6.45, 7) is 10.1. The minimum Gasteiger partial charge on any atom is -0.486 e. The number of benzene rings is 1. The fraction of sp³-hybridized carbons (Fsp3) is 0.632. The lowest BCUT2D eigenvalue weighted by Crippen LogP contribution is -2.51. The summed E-state index contributed by atoms with van der Waals surface area (Å²) in [6, 6.07) is 6.10. The summed E-state index contributed by atoms with van der Waals surface area (Å²) in [5, 5.41) is 0.